The van der Waals surface area contributed by atoms with E-state index in [0.29, 0.717) is 6.42 Å². The zero-order valence-corrected chi connectivity index (χ0v) is 34.1. The number of hydrogen-bond donors (Lipinski definition) is 9. The predicted octanol–water partition coefficient (Wildman–Crippen LogP) is 3.43. The van der Waals surface area contributed by atoms with Gasteiger partial charge in [0.2, 0.25) is 5.91 Å². The molecule has 2 aliphatic heterocycles. The number of unbranched alkanes of at least 4 members (excludes halogenated alkanes) is 16. The predicted molar refractivity (Wildman–Crippen MR) is 212 cm³/mol. The molecule has 14 nitrogen and oxygen atoms in total. The summed E-state index contributed by atoms with van der Waals surface area (Å²) in [7, 11) is 0. The van der Waals surface area contributed by atoms with Gasteiger partial charge in [-0.15, -0.1) is 0 Å². The molecule has 0 radical (unpaired) electrons. The van der Waals surface area contributed by atoms with Crippen molar-refractivity contribution < 1.29 is 64.6 Å². The quantitative estimate of drug-likeness (QED) is 0.0362. The van der Waals surface area contributed by atoms with Gasteiger partial charge in [0.1, 0.15) is 48.8 Å². The first-order chi connectivity index (χ1) is 27.1. The summed E-state index contributed by atoms with van der Waals surface area (Å²) in [5.41, 5.74) is 0. The zero-order valence-electron chi connectivity index (χ0n) is 34.1. The van der Waals surface area contributed by atoms with Gasteiger partial charge >= 0.3 is 0 Å². The Bertz CT molecular complexity index is 1050. The fraction of sp³-hybridized carbons (Fsp3) is 0.881. The number of carbonyl (C=O) groups is 1. The first-order valence-corrected chi connectivity index (χ1v) is 21.6. The van der Waals surface area contributed by atoms with Gasteiger partial charge in [-0.25, -0.2) is 0 Å². The van der Waals surface area contributed by atoms with Crippen LogP contribution in [0, 0.1) is 0 Å². The van der Waals surface area contributed by atoms with Crippen molar-refractivity contribution in [1.82, 2.24) is 5.32 Å². The van der Waals surface area contributed by atoms with E-state index in [-0.39, 0.29) is 18.9 Å². The summed E-state index contributed by atoms with van der Waals surface area (Å²) in [6.45, 7) is 2.59. The Labute approximate surface area is 335 Å². The molecule has 12 atom stereocenters. The minimum Gasteiger partial charge on any atom is -0.394 e. The number of rotatable bonds is 31. The van der Waals surface area contributed by atoms with Crippen LogP contribution in [0.25, 0.3) is 0 Å². The Morgan fingerprint density at radius 1 is 0.625 bits per heavy atom. The van der Waals surface area contributed by atoms with E-state index in [9.17, 15) is 45.6 Å². The summed E-state index contributed by atoms with van der Waals surface area (Å²) >= 11 is 0. The van der Waals surface area contributed by atoms with E-state index in [1.807, 2.05) is 6.08 Å². The van der Waals surface area contributed by atoms with Crippen molar-refractivity contribution in [3.8, 4) is 0 Å². The van der Waals surface area contributed by atoms with Crippen molar-refractivity contribution in [1.29, 1.82) is 0 Å². The Balaban J connectivity index is 1.77. The van der Waals surface area contributed by atoms with Crippen molar-refractivity contribution in [2.45, 2.75) is 216 Å². The highest BCUT2D eigenvalue weighted by atomic mass is 16.7. The van der Waals surface area contributed by atoms with Crippen LogP contribution in [0.1, 0.15) is 142 Å². The van der Waals surface area contributed by atoms with E-state index >= 15 is 0 Å². The largest absolute Gasteiger partial charge is 0.394 e. The first kappa shape index (κ1) is 50.6. The molecule has 14 heteroatoms. The van der Waals surface area contributed by atoms with E-state index in [4.69, 9.17) is 18.9 Å². The Morgan fingerprint density at radius 2 is 1.14 bits per heavy atom. The van der Waals surface area contributed by atoms with E-state index in [0.717, 1.165) is 44.9 Å². The van der Waals surface area contributed by atoms with Crippen molar-refractivity contribution in [2.75, 3.05) is 19.8 Å². The molecule has 2 saturated heterocycles. The highest BCUT2D eigenvalue weighted by Gasteiger charge is 2.50. The van der Waals surface area contributed by atoms with Crippen LogP contribution in [0.15, 0.2) is 24.3 Å². The second kappa shape index (κ2) is 30.5. The average Bonchev–Trinajstić information content (AvgIpc) is 3.19. The van der Waals surface area contributed by atoms with E-state index < -0.39 is 86.8 Å². The maximum Gasteiger partial charge on any atom is 0.220 e. The third-order valence-electron chi connectivity index (χ3n) is 10.6. The topological polar surface area (TPSA) is 228 Å². The van der Waals surface area contributed by atoms with Gasteiger partial charge in [0.25, 0.3) is 0 Å². The lowest BCUT2D eigenvalue weighted by molar-refractivity contribution is -0.359. The molecule has 328 valence electrons. The molecule has 12 unspecified atom stereocenters. The fourth-order valence-electron chi connectivity index (χ4n) is 6.97. The molecule has 0 spiro atoms. The van der Waals surface area contributed by atoms with Gasteiger partial charge in [-0.05, 0) is 38.5 Å². The van der Waals surface area contributed by atoms with Crippen LogP contribution in [0.3, 0.4) is 0 Å². The van der Waals surface area contributed by atoms with Gasteiger partial charge in [-0.1, -0.05) is 122 Å². The maximum atomic E-state index is 13.0. The van der Waals surface area contributed by atoms with Gasteiger partial charge < -0.3 is 65.1 Å². The smallest absolute Gasteiger partial charge is 0.220 e. The van der Waals surface area contributed by atoms with Gasteiger partial charge in [0.05, 0.1) is 32.0 Å². The molecule has 2 heterocycles. The third-order valence-corrected chi connectivity index (χ3v) is 10.6. The molecule has 0 aromatic rings. The lowest BCUT2D eigenvalue weighted by Gasteiger charge is -2.46. The highest BCUT2D eigenvalue weighted by molar-refractivity contribution is 5.76. The van der Waals surface area contributed by atoms with E-state index in [1.165, 1.54) is 70.6 Å². The molecule has 9 N–H and O–H groups in total. The molecule has 0 aliphatic carbocycles. The van der Waals surface area contributed by atoms with Gasteiger partial charge in [0.15, 0.2) is 12.6 Å². The number of ether oxygens (including phenoxy) is 4. The van der Waals surface area contributed by atoms with Gasteiger partial charge in [-0.2, -0.15) is 0 Å². The molecule has 2 aliphatic rings. The monoisotopic (exact) mass is 804 g/mol. The molecule has 0 bridgehead atoms. The number of carbonyl (C=O) groups excluding carboxylic acids is 1. The SMILES string of the molecule is CCCC/C=C/C(O)C(COC1OC(CO)C(OC2OC(CO)C(O)C(O)C2O)C(O)C1O)NC(=O)CCCCCCCCC/C=C\CCCCCCCCC. The molecule has 0 aromatic carbocycles. The van der Waals surface area contributed by atoms with Crippen LogP contribution in [0.5, 0.6) is 0 Å². The standard InChI is InChI=1S/C42H77NO13/c1-3-5-7-9-10-11-12-13-14-15-16-17-18-19-20-21-22-24-26-34(47)43-30(31(46)25-23-8-6-4-2)29-53-41-39(52)37(50)40(33(28-45)55-41)56-42-38(51)36(49)35(48)32(27-44)54-42/h14-15,23,25,30-33,35-42,44-46,48-52H,3-13,16-22,24,26-29H2,1-2H3,(H,43,47)/b15-14-,25-23+. The molecular formula is C42H77NO13. The Hall–Kier alpha value is -1.53. The molecule has 2 rings (SSSR count). The molecule has 56 heavy (non-hydrogen) atoms. The molecule has 0 saturated carbocycles. The fourth-order valence-corrected chi connectivity index (χ4v) is 6.97. The number of hydrogen-bond acceptors (Lipinski definition) is 13. The molecule has 2 fully saturated rings. The minimum absolute atomic E-state index is 0.255. The zero-order chi connectivity index (χ0) is 41.1. The number of nitrogens with one attached hydrogen (secondary N) is 1. The molecule has 0 aromatic heterocycles. The second-order valence-corrected chi connectivity index (χ2v) is 15.5. The van der Waals surface area contributed by atoms with Crippen LogP contribution in [-0.2, 0) is 23.7 Å². The minimum atomic E-state index is -1.78. The van der Waals surface area contributed by atoms with Crippen molar-refractivity contribution in [3.05, 3.63) is 24.3 Å². The summed E-state index contributed by atoms with van der Waals surface area (Å²) in [5, 5.41) is 85.7. The van der Waals surface area contributed by atoms with E-state index in [1.54, 1.807) is 6.08 Å². The van der Waals surface area contributed by atoms with Crippen LogP contribution in [0.2, 0.25) is 0 Å². The molecular weight excluding hydrogens is 726 g/mol. The number of amides is 1. The Kier molecular flexibility index (Phi) is 27.6. The lowest BCUT2D eigenvalue weighted by atomic mass is 9.97. The van der Waals surface area contributed by atoms with Gasteiger partial charge in [0, 0.05) is 6.42 Å². The van der Waals surface area contributed by atoms with Crippen molar-refractivity contribution in [3.63, 3.8) is 0 Å². The summed E-state index contributed by atoms with van der Waals surface area (Å²) in [6, 6.07) is -0.909. The normalized spacial score (nSPS) is 29.6. The number of aliphatic hydroxyl groups excluding tert-OH is 8. The van der Waals surface area contributed by atoms with Crippen LogP contribution in [0.4, 0.5) is 0 Å². The maximum absolute atomic E-state index is 13.0. The second-order valence-electron chi connectivity index (χ2n) is 15.5. The third kappa shape index (κ3) is 19.0. The average molecular weight is 804 g/mol. The summed E-state index contributed by atoms with van der Waals surface area (Å²) < 4.78 is 22.4. The molecule has 1 amide bonds. The highest BCUT2D eigenvalue weighted by Crippen LogP contribution is 2.30. The van der Waals surface area contributed by atoms with Crippen LogP contribution >= 0.6 is 0 Å². The van der Waals surface area contributed by atoms with Crippen molar-refractivity contribution in [2.24, 2.45) is 0 Å². The summed E-state index contributed by atoms with van der Waals surface area (Å²) in [6.07, 6.45) is 13.1. The summed E-state index contributed by atoms with van der Waals surface area (Å²) in [4.78, 5) is 13.0. The number of allylic oxidation sites excluding steroid dienone is 3. The van der Waals surface area contributed by atoms with E-state index in [2.05, 4.69) is 31.3 Å². The first-order valence-electron chi connectivity index (χ1n) is 21.6. The lowest BCUT2D eigenvalue weighted by Crippen LogP contribution is -2.65. The Morgan fingerprint density at radius 3 is 1.73 bits per heavy atom. The van der Waals surface area contributed by atoms with Crippen LogP contribution in [-0.4, -0.2) is 140 Å². The van der Waals surface area contributed by atoms with Crippen molar-refractivity contribution >= 4 is 5.91 Å². The number of aliphatic hydroxyl groups is 8. The van der Waals surface area contributed by atoms with Crippen LogP contribution < -0.4 is 5.32 Å². The van der Waals surface area contributed by atoms with Gasteiger partial charge in [-0.3, -0.25) is 4.79 Å². The summed E-state index contributed by atoms with van der Waals surface area (Å²) in [5.74, 6) is -0.255.